The number of aromatic nitrogens is 2. The number of aryl methyl sites for hydroxylation is 2. The molecule has 0 bridgehead atoms. The van der Waals surface area contributed by atoms with Crippen molar-refractivity contribution in [3.8, 4) is 0 Å². The average molecular weight is 503 g/mol. The van der Waals surface area contributed by atoms with Crippen molar-refractivity contribution in [3.05, 3.63) is 95.4 Å². The molecule has 0 saturated heterocycles. The second-order valence-corrected chi connectivity index (χ2v) is 10.7. The first kappa shape index (κ1) is 28.0. The van der Waals surface area contributed by atoms with E-state index < -0.39 is 0 Å². The monoisotopic (exact) mass is 502 g/mol. The van der Waals surface area contributed by atoms with Gasteiger partial charge in [0.2, 0.25) is 0 Å². The van der Waals surface area contributed by atoms with Crippen LogP contribution in [0.15, 0.2) is 72.9 Å². The van der Waals surface area contributed by atoms with Gasteiger partial charge in [0.15, 0.2) is 5.69 Å². The molecule has 4 N–H and O–H groups in total. The summed E-state index contributed by atoms with van der Waals surface area (Å²) in [5.41, 5.74) is 16.5. The van der Waals surface area contributed by atoms with Crippen molar-refractivity contribution in [1.29, 1.82) is 0 Å². The highest BCUT2D eigenvalue weighted by atomic mass is 16.2. The number of hydrogen-bond donors (Lipinski definition) is 2. The van der Waals surface area contributed by atoms with Crippen LogP contribution in [0.3, 0.4) is 0 Å². The van der Waals surface area contributed by atoms with Crippen LogP contribution in [0.1, 0.15) is 54.5 Å². The summed E-state index contributed by atoms with van der Waals surface area (Å²) in [7, 11) is 1.86. The number of hydrogen-bond acceptors (Lipinski definition) is 5. The van der Waals surface area contributed by atoms with Gasteiger partial charge in [-0.05, 0) is 42.5 Å². The zero-order chi connectivity index (χ0) is 27.0. The summed E-state index contributed by atoms with van der Waals surface area (Å²) in [5, 5.41) is 4.49. The van der Waals surface area contributed by atoms with E-state index in [1.54, 1.807) is 4.68 Å². The number of rotatable bonds is 11. The lowest BCUT2D eigenvalue weighted by Gasteiger charge is -2.42. The van der Waals surface area contributed by atoms with Crippen LogP contribution < -0.4 is 11.5 Å². The molecule has 37 heavy (non-hydrogen) atoms. The third-order valence-corrected chi connectivity index (χ3v) is 6.64. The number of nitrogens with two attached hydrogens (primary N) is 2. The summed E-state index contributed by atoms with van der Waals surface area (Å²) in [6, 6.07) is 22.0. The smallest absolute Gasteiger partial charge is 0.274 e. The van der Waals surface area contributed by atoms with Gasteiger partial charge in [0.1, 0.15) is 0 Å². The van der Waals surface area contributed by atoms with Crippen LogP contribution >= 0.6 is 0 Å². The highest BCUT2D eigenvalue weighted by molar-refractivity contribution is 5.92. The molecule has 1 heterocycles. The van der Waals surface area contributed by atoms with Crippen LogP contribution in [-0.2, 0) is 13.6 Å². The molecule has 198 valence electrons. The van der Waals surface area contributed by atoms with Crippen LogP contribution in [0, 0.1) is 12.3 Å². The minimum Gasteiger partial charge on any atom is -0.397 e. The highest BCUT2D eigenvalue weighted by Crippen LogP contribution is 2.28. The molecule has 0 saturated carbocycles. The summed E-state index contributed by atoms with van der Waals surface area (Å²) in [6.07, 6.45) is 2.72. The number of carbonyl (C=O) groups is 1. The molecule has 0 aliphatic rings. The molecule has 7 heteroatoms. The van der Waals surface area contributed by atoms with Gasteiger partial charge in [-0.2, -0.15) is 5.10 Å². The predicted octanol–water partition coefficient (Wildman–Crippen LogP) is 4.39. The van der Waals surface area contributed by atoms with Gasteiger partial charge in [-0.3, -0.25) is 9.48 Å². The van der Waals surface area contributed by atoms with Crippen molar-refractivity contribution < 1.29 is 4.79 Å². The third kappa shape index (κ3) is 7.70. The SMILES string of the molecule is Cc1cc(C(=O)N(CCCN)C(CN(/C=C(\N)c2ccccc2)Cc2ccccc2)C(C)(C)C)nn1C. The Morgan fingerprint density at radius 2 is 1.70 bits per heavy atom. The van der Waals surface area contributed by atoms with E-state index in [1.807, 2.05) is 79.7 Å². The van der Waals surface area contributed by atoms with E-state index in [1.165, 1.54) is 5.56 Å². The average Bonchev–Trinajstić information content (AvgIpc) is 3.21. The predicted molar refractivity (Wildman–Crippen MR) is 151 cm³/mol. The van der Waals surface area contributed by atoms with Crippen LogP contribution in [0.25, 0.3) is 5.70 Å². The van der Waals surface area contributed by atoms with Gasteiger partial charge in [0.05, 0.1) is 11.7 Å². The van der Waals surface area contributed by atoms with Crippen molar-refractivity contribution >= 4 is 11.6 Å². The topological polar surface area (TPSA) is 93.4 Å². The molecule has 1 aromatic heterocycles. The van der Waals surface area contributed by atoms with Crippen molar-refractivity contribution in [2.24, 2.45) is 23.9 Å². The van der Waals surface area contributed by atoms with Crippen molar-refractivity contribution in [1.82, 2.24) is 19.6 Å². The summed E-state index contributed by atoms with van der Waals surface area (Å²) >= 11 is 0. The maximum absolute atomic E-state index is 13.8. The molecule has 0 aliphatic carbocycles. The summed E-state index contributed by atoms with van der Waals surface area (Å²) in [4.78, 5) is 18.0. The first-order valence-corrected chi connectivity index (χ1v) is 12.9. The summed E-state index contributed by atoms with van der Waals surface area (Å²) in [6.45, 7) is 10.8. The quantitative estimate of drug-likeness (QED) is 0.406. The van der Waals surface area contributed by atoms with Crippen molar-refractivity contribution in [3.63, 3.8) is 0 Å². The van der Waals surface area contributed by atoms with Crippen LogP contribution in [0.2, 0.25) is 0 Å². The number of carbonyl (C=O) groups excluding carboxylic acids is 1. The first-order chi connectivity index (χ1) is 17.6. The van der Waals surface area contributed by atoms with E-state index in [0.717, 1.165) is 11.3 Å². The number of amides is 1. The highest BCUT2D eigenvalue weighted by Gasteiger charge is 2.35. The van der Waals surface area contributed by atoms with Gasteiger partial charge in [-0.25, -0.2) is 0 Å². The molecule has 3 aromatic rings. The summed E-state index contributed by atoms with van der Waals surface area (Å²) < 4.78 is 1.74. The fourth-order valence-corrected chi connectivity index (χ4v) is 4.42. The Morgan fingerprint density at radius 3 is 2.24 bits per heavy atom. The zero-order valence-electron chi connectivity index (χ0n) is 22.9. The maximum atomic E-state index is 13.8. The fourth-order valence-electron chi connectivity index (χ4n) is 4.42. The Labute approximate surface area is 221 Å². The van der Waals surface area contributed by atoms with Crippen molar-refractivity contribution in [2.75, 3.05) is 19.6 Å². The maximum Gasteiger partial charge on any atom is 0.274 e. The fraction of sp³-hybridized carbons (Fsp3) is 0.400. The molecule has 0 fully saturated rings. The second kappa shape index (κ2) is 12.6. The Kier molecular flexibility index (Phi) is 9.53. The molecular weight excluding hydrogens is 460 g/mol. The van der Waals surface area contributed by atoms with E-state index in [2.05, 4.69) is 42.9 Å². The van der Waals surface area contributed by atoms with Gasteiger partial charge < -0.3 is 21.3 Å². The van der Waals surface area contributed by atoms with E-state index in [4.69, 9.17) is 11.5 Å². The van der Waals surface area contributed by atoms with Crippen molar-refractivity contribution in [2.45, 2.75) is 46.7 Å². The molecule has 7 nitrogen and oxygen atoms in total. The van der Waals surface area contributed by atoms with Gasteiger partial charge in [-0.1, -0.05) is 81.4 Å². The molecule has 0 radical (unpaired) electrons. The lowest BCUT2D eigenvalue weighted by Crippen LogP contribution is -2.53. The Balaban J connectivity index is 2.00. The minimum absolute atomic E-state index is 0.0725. The van der Waals surface area contributed by atoms with Gasteiger partial charge in [0.25, 0.3) is 5.91 Å². The number of benzene rings is 2. The Hall–Kier alpha value is -3.58. The Bertz CT molecular complexity index is 1140. The molecule has 1 unspecified atom stereocenters. The van der Waals surface area contributed by atoms with E-state index in [-0.39, 0.29) is 17.4 Å². The lowest BCUT2D eigenvalue weighted by molar-refractivity contribution is 0.0434. The second-order valence-electron chi connectivity index (χ2n) is 10.7. The van der Waals surface area contributed by atoms with Crippen LogP contribution in [0.5, 0.6) is 0 Å². The third-order valence-electron chi connectivity index (χ3n) is 6.64. The van der Waals surface area contributed by atoms with E-state index >= 15 is 0 Å². The van der Waals surface area contributed by atoms with Gasteiger partial charge in [0, 0.05) is 38.6 Å². The Morgan fingerprint density at radius 1 is 1.08 bits per heavy atom. The van der Waals surface area contributed by atoms with E-state index in [9.17, 15) is 4.79 Å². The molecule has 0 spiro atoms. The van der Waals surface area contributed by atoms with Crippen LogP contribution in [-0.4, -0.2) is 51.2 Å². The van der Waals surface area contributed by atoms with E-state index in [0.29, 0.717) is 44.0 Å². The molecule has 0 aliphatic heterocycles. The lowest BCUT2D eigenvalue weighted by atomic mass is 9.84. The van der Waals surface area contributed by atoms with Gasteiger partial charge in [-0.15, -0.1) is 0 Å². The first-order valence-electron chi connectivity index (χ1n) is 12.9. The molecule has 1 atom stereocenters. The van der Waals surface area contributed by atoms with Gasteiger partial charge >= 0.3 is 0 Å². The number of nitrogens with zero attached hydrogens (tertiary/aromatic N) is 4. The molecule has 3 rings (SSSR count). The standard InChI is InChI=1S/C30H42N6O/c1-23-19-27(33-34(23)5)29(37)36(18-12-17-31)28(30(2,3)4)22-35(20-24-13-8-6-9-14-24)21-26(32)25-15-10-7-11-16-25/h6-11,13-16,19,21,28H,12,17-18,20,22,31-32H2,1-5H3/b26-21-. The molecular formula is C30H42N6O. The zero-order valence-corrected chi connectivity index (χ0v) is 22.9. The largest absolute Gasteiger partial charge is 0.397 e. The normalized spacial score (nSPS) is 12.9. The molecule has 1 amide bonds. The minimum atomic E-state index is -0.210. The molecule has 2 aromatic carbocycles. The van der Waals surface area contributed by atoms with Crippen LogP contribution in [0.4, 0.5) is 0 Å². The summed E-state index contributed by atoms with van der Waals surface area (Å²) in [5.74, 6) is -0.0725.